The van der Waals surface area contributed by atoms with E-state index in [0.29, 0.717) is 17.9 Å². The van der Waals surface area contributed by atoms with Crippen LogP contribution in [0.1, 0.15) is 30.1 Å². The van der Waals surface area contributed by atoms with Crippen LogP contribution in [0, 0.1) is 0 Å². The monoisotopic (exact) mass is 312 g/mol. The molecule has 0 unspecified atom stereocenters. The van der Waals surface area contributed by atoms with Gasteiger partial charge in [-0.1, -0.05) is 13.3 Å². The van der Waals surface area contributed by atoms with E-state index in [1.165, 1.54) is 18.2 Å². The molecule has 114 valence electrons. The highest BCUT2D eigenvalue weighted by atomic mass is 32.2. The molecule has 0 fully saturated rings. The van der Waals surface area contributed by atoms with E-state index >= 15 is 0 Å². The molecule has 1 aliphatic heterocycles. The number of benzene rings is 1. The molecule has 0 bridgehead atoms. The Balaban J connectivity index is 2.12. The molecule has 0 atom stereocenters. The molecule has 0 aromatic heterocycles. The Morgan fingerprint density at radius 3 is 2.90 bits per heavy atom. The molecule has 2 rings (SSSR count). The van der Waals surface area contributed by atoms with Crippen molar-refractivity contribution in [3.8, 4) is 5.75 Å². The molecular weight excluding hydrogens is 296 g/mol. The van der Waals surface area contributed by atoms with Gasteiger partial charge < -0.3 is 10.1 Å². The summed E-state index contributed by atoms with van der Waals surface area (Å²) in [5.41, 5.74) is 0.613. The van der Waals surface area contributed by atoms with Crippen LogP contribution in [0.3, 0.4) is 0 Å². The van der Waals surface area contributed by atoms with Crippen LogP contribution < -0.4 is 14.8 Å². The van der Waals surface area contributed by atoms with Crippen LogP contribution in [0.5, 0.6) is 5.75 Å². The predicted octanol–water partition coefficient (Wildman–Crippen LogP) is 0.877. The molecule has 8 heteroatoms. The van der Waals surface area contributed by atoms with E-state index in [1.807, 2.05) is 11.6 Å². The maximum absolute atomic E-state index is 11.9. The normalized spacial score (nSPS) is 13.9. The van der Waals surface area contributed by atoms with Crippen molar-refractivity contribution in [2.24, 2.45) is 0 Å². The zero-order chi connectivity index (χ0) is 15.5. The number of anilines is 1. The zero-order valence-electron chi connectivity index (χ0n) is 11.5. The third-order valence-electron chi connectivity index (χ3n) is 2.89. The predicted molar refractivity (Wildman–Crippen MR) is 76.7 cm³/mol. The SMILES string of the molecule is CCCCS(=O)(=O)NC(=O)c1ccc2c(c1)OCC(=O)N2. The van der Waals surface area contributed by atoms with E-state index in [4.69, 9.17) is 4.74 Å². The number of hydrogen-bond donors (Lipinski definition) is 2. The van der Waals surface area contributed by atoms with E-state index < -0.39 is 15.9 Å². The minimum atomic E-state index is -3.63. The zero-order valence-corrected chi connectivity index (χ0v) is 12.3. The van der Waals surface area contributed by atoms with Crippen molar-refractivity contribution in [1.82, 2.24) is 4.72 Å². The molecule has 1 heterocycles. The van der Waals surface area contributed by atoms with Gasteiger partial charge in [0.2, 0.25) is 10.0 Å². The number of fused-ring (bicyclic) bond motifs is 1. The third-order valence-corrected chi connectivity index (χ3v) is 4.21. The molecular formula is C13H16N2O5S. The molecule has 0 saturated heterocycles. The van der Waals surface area contributed by atoms with Crippen molar-refractivity contribution >= 4 is 27.5 Å². The minimum Gasteiger partial charge on any atom is -0.482 e. The van der Waals surface area contributed by atoms with Gasteiger partial charge >= 0.3 is 0 Å². The molecule has 0 aliphatic carbocycles. The van der Waals surface area contributed by atoms with Crippen LogP contribution in [0.25, 0.3) is 0 Å². The second-order valence-corrected chi connectivity index (χ2v) is 6.49. The van der Waals surface area contributed by atoms with Crippen molar-refractivity contribution in [1.29, 1.82) is 0 Å². The summed E-state index contributed by atoms with van der Waals surface area (Å²) in [6.45, 7) is 1.74. The van der Waals surface area contributed by atoms with Crippen LogP contribution in [-0.2, 0) is 14.8 Å². The second-order valence-electron chi connectivity index (χ2n) is 4.65. The van der Waals surface area contributed by atoms with Gasteiger partial charge in [-0.25, -0.2) is 13.1 Å². The summed E-state index contributed by atoms with van der Waals surface area (Å²) in [6, 6.07) is 4.33. The first-order chi connectivity index (χ1) is 9.91. The number of nitrogens with one attached hydrogen (secondary N) is 2. The van der Waals surface area contributed by atoms with Gasteiger partial charge in [0.15, 0.2) is 6.61 Å². The largest absolute Gasteiger partial charge is 0.482 e. The quantitative estimate of drug-likeness (QED) is 0.840. The molecule has 2 amide bonds. The van der Waals surface area contributed by atoms with Crippen LogP contribution in [-0.4, -0.2) is 32.6 Å². The van der Waals surface area contributed by atoms with Crippen molar-refractivity contribution in [3.05, 3.63) is 23.8 Å². The van der Waals surface area contributed by atoms with E-state index in [9.17, 15) is 18.0 Å². The summed E-state index contributed by atoms with van der Waals surface area (Å²) in [5, 5.41) is 2.59. The molecule has 1 aromatic rings. The van der Waals surface area contributed by atoms with Gasteiger partial charge in [0.25, 0.3) is 11.8 Å². The lowest BCUT2D eigenvalue weighted by atomic mass is 10.1. The Bertz CT molecular complexity index is 669. The Kier molecular flexibility index (Phi) is 4.46. The summed E-state index contributed by atoms with van der Waals surface area (Å²) in [5.74, 6) is -0.739. The summed E-state index contributed by atoms with van der Waals surface area (Å²) in [6.07, 6.45) is 1.21. The topological polar surface area (TPSA) is 102 Å². The Hall–Kier alpha value is -2.09. The summed E-state index contributed by atoms with van der Waals surface area (Å²) < 4.78 is 30.6. The van der Waals surface area contributed by atoms with E-state index in [1.54, 1.807) is 0 Å². The molecule has 7 nitrogen and oxygen atoms in total. The van der Waals surface area contributed by atoms with Crippen molar-refractivity contribution in [2.75, 3.05) is 17.7 Å². The Morgan fingerprint density at radius 1 is 1.43 bits per heavy atom. The number of amides is 2. The smallest absolute Gasteiger partial charge is 0.264 e. The number of rotatable bonds is 5. The fraction of sp³-hybridized carbons (Fsp3) is 0.385. The molecule has 0 radical (unpaired) electrons. The van der Waals surface area contributed by atoms with Gasteiger partial charge in [-0.05, 0) is 24.6 Å². The van der Waals surface area contributed by atoms with Crippen LogP contribution in [0.15, 0.2) is 18.2 Å². The number of carbonyl (C=O) groups excluding carboxylic acids is 2. The maximum atomic E-state index is 11.9. The van der Waals surface area contributed by atoms with Crippen molar-refractivity contribution in [3.63, 3.8) is 0 Å². The number of hydrogen-bond acceptors (Lipinski definition) is 5. The fourth-order valence-corrected chi connectivity index (χ4v) is 2.97. The van der Waals surface area contributed by atoms with E-state index in [0.717, 1.165) is 6.42 Å². The van der Waals surface area contributed by atoms with E-state index in [-0.39, 0.29) is 23.8 Å². The average Bonchev–Trinajstić information content (AvgIpc) is 2.44. The second kappa shape index (κ2) is 6.13. The van der Waals surface area contributed by atoms with Gasteiger partial charge in [0.1, 0.15) is 5.75 Å². The van der Waals surface area contributed by atoms with E-state index in [2.05, 4.69) is 5.32 Å². The van der Waals surface area contributed by atoms with Crippen LogP contribution in [0.2, 0.25) is 0 Å². The molecule has 1 aliphatic rings. The minimum absolute atomic E-state index is 0.0905. The first-order valence-corrected chi connectivity index (χ1v) is 8.18. The fourth-order valence-electron chi connectivity index (χ4n) is 1.80. The van der Waals surface area contributed by atoms with Gasteiger partial charge in [0, 0.05) is 5.56 Å². The number of ether oxygens (including phenoxy) is 1. The van der Waals surface area contributed by atoms with Crippen LogP contribution >= 0.6 is 0 Å². The average molecular weight is 312 g/mol. The molecule has 0 spiro atoms. The third kappa shape index (κ3) is 3.94. The number of carbonyl (C=O) groups is 2. The number of sulfonamides is 1. The molecule has 2 N–H and O–H groups in total. The molecule has 0 saturated carbocycles. The van der Waals surface area contributed by atoms with Gasteiger partial charge in [-0.2, -0.15) is 0 Å². The lowest BCUT2D eigenvalue weighted by Crippen LogP contribution is -2.32. The lowest BCUT2D eigenvalue weighted by molar-refractivity contribution is -0.118. The highest BCUT2D eigenvalue weighted by Gasteiger charge is 2.20. The number of unbranched alkanes of at least 4 members (excludes halogenated alkanes) is 1. The first-order valence-electron chi connectivity index (χ1n) is 6.53. The van der Waals surface area contributed by atoms with Crippen molar-refractivity contribution in [2.45, 2.75) is 19.8 Å². The van der Waals surface area contributed by atoms with Gasteiger partial charge in [-0.15, -0.1) is 0 Å². The molecule has 21 heavy (non-hydrogen) atoms. The summed E-state index contributed by atoms with van der Waals surface area (Å²) in [7, 11) is -3.63. The van der Waals surface area contributed by atoms with Gasteiger partial charge in [0.05, 0.1) is 11.4 Å². The van der Waals surface area contributed by atoms with Crippen molar-refractivity contribution < 1.29 is 22.7 Å². The maximum Gasteiger partial charge on any atom is 0.264 e. The summed E-state index contributed by atoms with van der Waals surface area (Å²) >= 11 is 0. The lowest BCUT2D eigenvalue weighted by Gasteiger charge is -2.18. The van der Waals surface area contributed by atoms with Crippen LogP contribution in [0.4, 0.5) is 5.69 Å². The highest BCUT2D eigenvalue weighted by molar-refractivity contribution is 7.90. The van der Waals surface area contributed by atoms with Gasteiger partial charge in [-0.3, -0.25) is 9.59 Å². The Morgan fingerprint density at radius 2 is 2.19 bits per heavy atom. The Labute approximate surface area is 122 Å². The summed E-state index contributed by atoms with van der Waals surface area (Å²) in [4.78, 5) is 23.1. The highest BCUT2D eigenvalue weighted by Crippen LogP contribution is 2.28. The standard InChI is InChI=1S/C13H16N2O5S/c1-2-3-6-21(18,19)15-13(17)9-4-5-10-11(7-9)20-8-12(16)14-10/h4-5,7H,2-3,6,8H2,1H3,(H,14,16)(H,15,17). The first kappa shape index (κ1) is 15.3. The molecule has 1 aromatic carbocycles.